The van der Waals surface area contributed by atoms with Crippen LogP contribution < -0.4 is 0 Å². The molecule has 0 unspecified atom stereocenters. The highest BCUT2D eigenvalue weighted by Gasteiger charge is 2.34. The number of aromatic nitrogens is 3. The molecule has 0 N–H and O–H groups in total. The molecule has 20 heavy (non-hydrogen) atoms. The van der Waals surface area contributed by atoms with Crippen LogP contribution in [-0.4, -0.2) is 14.6 Å². The second kappa shape index (κ2) is 4.49. The quantitative estimate of drug-likeness (QED) is 0.678. The Morgan fingerprint density at radius 1 is 1.00 bits per heavy atom. The summed E-state index contributed by atoms with van der Waals surface area (Å²) in [4.78, 5) is 0. The van der Waals surface area contributed by atoms with Crippen LogP contribution in [0.3, 0.4) is 0 Å². The van der Waals surface area contributed by atoms with Gasteiger partial charge in [0.05, 0.1) is 10.6 Å². The summed E-state index contributed by atoms with van der Waals surface area (Å²) in [6.07, 6.45) is -2.97. The molecule has 0 bridgehead atoms. The molecule has 0 spiro atoms. The summed E-state index contributed by atoms with van der Waals surface area (Å²) in [5.41, 5.74) is -0.356. The normalized spacial score (nSPS) is 12.0. The van der Waals surface area contributed by atoms with Gasteiger partial charge < -0.3 is 0 Å². The first kappa shape index (κ1) is 12.9. The van der Waals surface area contributed by atoms with Gasteiger partial charge in [0.25, 0.3) is 0 Å². The number of benzene rings is 1. The van der Waals surface area contributed by atoms with Crippen LogP contribution in [0.25, 0.3) is 17.0 Å². The number of alkyl halides is 3. The van der Waals surface area contributed by atoms with Gasteiger partial charge in [0, 0.05) is 11.8 Å². The number of nitrogens with zero attached hydrogens (tertiary/aromatic N) is 3. The lowest BCUT2D eigenvalue weighted by atomic mass is 10.1. The van der Waals surface area contributed by atoms with Crippen molar-refractivity contribution in [2.24, 2.45) is 0 Å². The number of halogens is 4. The van der Waals surface area contributed by atoms with Gasteiger partial charge in [0.15, 0.2) is 11.5 Å². The van der Waals surface area contributed by atoms with Crippen molar-refractivity contribution in [1.29, 1.82) is 0 Å². The summed E-state index contributed by atoms with van der Waals surface area (Å²) in [5.74, 6) is 0.107. The van der Waals surface area contributed by atoms with Crippen molar-refractivity contribution in [2.75, 3.05) is 0 Å². The van der Waals surface area contributed by atoms with E-state index >= 15 is 0 Å². The van der Waals surface area contributed by atoms with E-state index in [9.17, 15) is 13.2 Å². The third kappa shape index (κ3) is 2.12. The molecule has 3 nitrogen and oxygen atoms in total. The van der Waals surface area contributed by atoms with Crippen LogP contribution in [-0.2, 0) is 6.18 Å². The second-order valence-corrected chi connectivity index (χ2v) is 4.58. The van der Waals surface area contributed by atoms with E-state index in [0.717, 1.165) is 6.07 Å². The van der Waals surface area contributed by atoms with E-state index in [1.54, 1.807) is 12.1 Å². The molecule has 0 saturated carbocycles. The first-order chi connectivity index (χ1) is 9.47. The maximum absolute atomic E-state index is 13.0. The molecule has 0 aliphatic carbocycles. The van der Waals surface area contributed by atoms with Gasteiger partial charge in [-0.25, -0.2) is 0 Å². The zero-order chi connectivity index (χ0) is 14.3. The Kier molecular flexibility index (Phi) is 2.90. The lowest BCUT2D eigenvalue weighted by Crippen LogP contribution is -2.08. The van der Waals surface area contributed by atoms with Gasteiger partial charge in [-0.3, -0.25) is 4.40 Å². The van der Waals surface area contributed by atoms with E-state index in [1.165, 1.54) is 28.8 Å². The third-order valence-electron chi connectivity index (χ3n) is 2.84. The maximum atomic E-state index is 13.0. The van der Waals surface area contributed by atoms with Crippen LogP contribution in [0.2, 0.25) is 5.02 Å². The number of hydrogen-bond acceptors (Lipinski definition) is 2. The van der Waals surface area contributed by atoms with Gasteiger partial charge in [0.1, 0.15) is 0 Å². The average molecular weight is 298 g/mol. The summed E-state index contributed by atoms with van der Waals surface area (Å²) in [6, 6.07) is 8.43. The van der Waals surface area contributed by atoms with Gasteiger partial charge >= 0.3 is 6.18 Å². The van der Waals surface area contributed by atoms with Crippen molar-refractivity contribution in [3.63, 3.8) is 0 Å². The average Bonchev–Trinajstić information content (AvgIpc) is 2.80. The van der Waals surface area contributed by atoms with Gasteiger partial charge in [0.2, 0.25) is 0 Å². The zero-order valence-electron chi connectivity index (χ0n) is 9.89. The molecule has 102 valence electrons. The minimum absolute atomic E-state index is 0.0326. The molecule has 2 aromatic heterocycles. The van der Waals surface area contributed by atoms with Gasteiger partial charge in [-0.1, -0.05) is 29.8 Å². The standard InChI is InChI=1S/C13H7ClF3N3/c14-8-5-6-11-18-19-12(20(11)7-8)9-3-1-2-4-10(9)13(15,16)17/h1-7H. The summed E-state index contributed by atoms with van der Waals surface area (Å²) in [5, 5.41) is 8.07. The number of rotatable bonds is 1. The molecule has 3 aromatic rings. The van der Waals surface area contributed by atoms with Gasteiger partial charge in [-0.15, -0.1) is 10.2 Å². The molecule has 1 aromatic carbocycles. The monoisotopic (exact) mass is 297 g/mol. The van der Waals surface area contributed by atoms with Crippen molar-refractivity contribution in [3.8, 4) is 11.4 Å². The number of pyridine rings is 1. The Balaban J connectivity index is 2.29. The van der Waals surface area contributed by atoms with Crippen LogP contribution in [0.4, 0.5) is 13.2 Å². The minimum atomic E-state index is -4.46. The summed E-state index contributed by atoms with van der Waals surface area (Å²) >= 11 is 5.87. The molecule has 0 saturated heterocycles. The van der Waals surface area contributed by atoms with Crippen LogP contribution in [0.15, 0.2) is 42.6 Å². The third-order valence-corrected chi connectivity index (χ3v) is 3.06. The maximum Gasteiger partial charge on any atom is 0.417 e. The first-order valence-electron chi connectivity index (χ1n) is 5.64. The topological polar surface area (TPSA) is 30.2 Å². The van der Waals surface area contributed by atoms with E-state index in [1.807, 2.05) is 0 Å². The fourth-order valence-electron chi connectivity index (χ4n) is 1.97. The molecular weight excluding hydrogens is 291 g/mol. The summed E-state index contributed by atoms with van der Waals surface area (Å²) in [6.45, 7) is 0. The highest BCUT2D eigenvalue weighted by atomic mass is 35.5. The number of hydrogen-bond donors (Lipinski definition) is 0. The Labute approximate surface area is 116 Å². The van der Waals surface area contributed by atoms with Crippen molar-refractivity contribution in [1.82, 2.24) is 14.6 Å². The summed E-state index contributed by atoms with van der Waals surface area (Å²) < 4.78 is 40.5. The fourth-order valence-corrected chi connectivity index (χ4v) is 2.13. The van der Waals surface area contributed by atoms with Crippen molar-refractivity contribution < 1.29 is 13.2 Å². The lowest BCUT2D eigenvalue weighted by molar-refractivity contribution is -0.137. The smallest absolute Gasteiger partial charge is 0.281 e. The molecule has 0 fully saturated rings. The van der Waals surface area contributed by atoms with E-state index in [2.05, 4.69) is 10.2 Å². The van der Waals surface area contributed by atoms with E-state index < -0.39 is 11.7 Å². The number of fused-ring (bicyclic) bond motifs is 1. The minimum Gasteiger partial charge on any atom is -0.281 e. The molecule has 7 heteroatoms. The molecule has 0 aliphatic heterocycles. The van der Waals surface area contributed by atoms with E-state index in [4.69, 9.17) is 11.6 Å². The second-order valence-electron chi connectivity index (χ2n) is 4.14. The lowest BCUT2D eigenvalue weighted by Gasteiger charge is -2.11. The fraction of sp³-hybridized carbons (Fsp3) is 0.0769. The molecule has 0 atom stereocenters. The highest BCUT2D eigenvalue weighted by Crippen LogP contribution is 2.36. The van der Waals surface area contributed by atoms with Crippen molar-refractivity contribution in [2.45, 2.75) is 6.18 Å². The van der Waals surface area contributed by atoms with E-state index in [0.29, 0.717) is 10.7 Å². The van der Waals surface area contributed by atoms with E-state index in [-0.39, 0.29) is 11.4 Å². The van der Waals surface area contributed by atoms with Crippen LogP contribution in [0, 0.1) is 0 Å². The Morgan fingerprint density at radius 3 is 2.50 bits per heavy atom. The van der Waals surface area contributed by atoms with Crippen molar-refractivity contribution in [3.05, 3.63) is 53.2 Å². The van der Waals surface area contributed by atoms with Gasteiger partial charge in [-0.05, 0) is 18.2 Å². The molecule has 0 radical (unpaired) electrons. The van der Waals surface area contributed by atoms with Crippen LogP contribution in [0.1, 0.15) is 5.56 Å². The van der Waals surface area contributed by atoms with Gasteiger partial charge in [-0.2, -0.15) is 13.2 Å². The Morgan fingerprint density at radius 2 is 1.75 bits per heavy atom. The zero-order valence-corrected chi connectivity index (χ0v) is 10.7. The Hall–Kier alpha value is -2.08. The van der Waals surface area contributed by atoms with Crippen LogP contribution in [0.5, 0.6) is 0 Å². The molecule has 2 heterocycles. The molecular formula is C13H7ClF3N3. The molecule has 0 amide bonds. The molecule has 0 aliphatic rings. The summed E-state index contributed by atoms with van der Waals surface area (Å²) in [7, 11) is 0. The molecule has 3 rings (SSSR count). The Bertz CT molecular complexity index is 780. The predicted octanol–water partition coefficient (Wildman–Crippen LogP) is 4.07. The largest absolute Gasteiger partial charge is 0.417 e. The predicted molar refractivity (Wildman–Crippen MR) is 68.4 cm³/mol. The SMILES string of the molecule is FC(F)(F)c1ccccc1-c1nnc2ccc(Cl)cn12. The first-order valence-corrected chi connectivity index (χ1v) is 6.01. The highest BCUT2D eigenvalue weighted by molar-refractivity contribution is 6.30. The van der Waals surface area contributed by atoms with Crippen molar-refractivity contribution >= 4 is 17.2 Å². The van der Waals surface area contributed by atoms with Crippen LogP contribution >= 0.6 is 11.6 Å².